The second-order valence-electron chi connectivity index (χ2n) is 8.69. The van der Waals surface area contributed by atoms with E-state index in [0.717, 1.165) is 22.6 Å². The molecule has 1 aliphatic carbocycles. The lowest BCUT2D eigenvalue weighted by Crippen LogP contribution is -2.41. The first-order chi connectivity index (χ1) is 13.8. The van der Waals surface area contributed by atoms with Gasteiger partial charge in [0.25, 0.3) is 0 Å². The van der Waals surface area contributed by atoms with Crippen molar-refractivity contribution in [1.29, 1.82) is 0 Å². The van der Waals surface area contributed by atoms with Crippen molar-refractivity contribution in [3.05, 3.63) is 59.7 Å². The van der Waals surface area contributed by atoms with E-state index >= 15 is 0 Å². The van der Waals surface area contributed by atoms with Gasteiger partial charge in [-0.05, 0) is 54.0 Å². The summed E-state index contributed by atoms with van der Waals surface area (Å²) in [4.78, 5) is 25.7. The number of para-hydroxylation sites is 1. The molecule has 154 valence electrons. The highest BCUT2D eigenvalue weighted by Gasteiger charge is 2.56. The summed E-state index contributed by atoms with van der Waals surface area (Å²) >= 11 is 0. The zero-order valence-electron chi connectivity index (χ0n) is 17.7. The van der Waals surface area contributed by atoms with Crippen molar-refractivity contribution in [1.82, 2.24) is 5.32 Å². The standard InChI is InChI=1S/C24H30N2O3/c1-23(2,3)19-7-5-6-8-20(19)26-22(28)24(14-15-24)21(27)25-16-13-17-9-11-18(29-4)12-10-17/h5-12H,13-16H2,1-4H3,(H,25,27)(H,26,28). The average molecular weight is 395 g/mol. The van der Waals surface area contributed by atoms with Gasteiger partial charge in [0.05, 0.1) is 7.11 Å². The predicted molar refractivity (Wildman–Crippen MR) is 115 cm³/mol. The molecule has 0 heterocycles. The topological polar surface area (TPSA) is 67.4 Å². The summed E-state index contributed by atoms with van der Waals surface area (Å²) in [7, 11) is 1.63. The third-order valence-electron chi connectivity index (χ3n) is 5.46. The van der Waals surface area contributed by atoms with Gasteiger partial charge in [0.15, 0.2) is 0 Å². The van der Waals surface area contributed by atoms with E-state index in [1.165, 1.54) is 0 Å². The van der Waals surface area contributed by atoms with Crippen molar-refractivity contribution in [3.63, 3.8) is 0 Å². The molecule has 0 radical (unpaired) electrons. The number of methoxy groups -OCH3 is 1. The van der Waals surface area contributed by atoms with E-state index in [1.807, 2.05) is 48.5 Å². The molecule has 1 saturated carbocycles. The number of hydrogen-bond donors (Lipinski definition) is 2. The third kappa shape index (κ3) is 4.78. The molecule has 0 atom stereocenters. The molecular formula is C24H30N2O3. The van der Waals surface area contributed by atoms with Gasteiger partial charge >= 0.3 is 0 Å². The maximum Gasteiger partial charge on any atom is 0.240 e. The van der Waals surface area contributed by atoms with Crippen molar-refractivity contribution >= 4 is 17.5 Å². The van der Waals surface area contributed by atoms with Gasteiger partial charge in [-0.25, -0.2) is 0 Å². The number of ether oxygens (including phenoxy) is 1. The first-order valence-electron chi connectivity index (χ1n) is 10.1. The molecular weight excluding hydrogens is 364 g/mol. The number of benzene rings is 2. The normalized spacial score (nSPS) is 14.8. The minimum absolute atomic E-state index is 0.0960. The number of hydrogen-bond acceptors (Lipinski definition) is 3. The first-order valence-corrected chi connectivity index (χ1v) is 10.1. The molecule has 5 nitrogen and oxygen atoms in total. The van der Waals surface area contributed by atoms with Gasteiger partial charge in [-0.2, -0.15) is 0 Å². The summed E-state index contributed by atoms with van der Waals surface area (Å²) in [6, 6.07) is 15.6. The highest BCUT2D eigenvalue weighted by atomic mass is 16.5. The van der Waals surface area contributed by atoms with Crippen LogP contribution in [0, 0.1) is 5.41 Å². The summed E-state index contributed by atoms with van der Waals surface area (Å²) < 4.78 is 5.16. The van der Waals surface area contributed by atoms with Gasteiger partial charge in [-0.3, -0.25) is 9.59 Å². The molecule has 29 heavy (non-hydrogen) atoms. The molecule has 2 aromatic carbocycles. The van der Waals surface area contributed by atoms with Crippen molar-refractivity contribution < 1.29 is 14.3 Å². The van der Waals surface area contributed by atoms with E-state index < -0.39 is 5.41 Å². The highest BCUT2D eigenvalue weighted by molar-refractivity contribution is 6.13. The zero-order chi connectivity index (χ0) is 21.1. The Kier molecular flexibility index (Phi) is 5.96. The monoisotopic (exact) mass is 394 g/mol. The van der Waals surface area contributed by atoms with Crippen LogP contribution >= 0.6 is 0 Å². The van der Waals surface area contributed by atoms with Crippen LogP contribution in [-0.4, -0.2) is 25.5 Å². The van der Waals surface area contributed by atoms with Crippen LogP contribution in [0.1, 0.15) is 44.7 Å². The molecule has 1 fully saturated rings. The Balaban J connectivity index is 1.59. The predicted octanol–water partition coefficient (Wildman–Crippen LogP) is 4.07. The van der Waals surface area contributed by atoms with E-state index in [2.05, 4.69) is 31.4 Å². The van der Waals surface area contributed by atoms with Gasteiger partial charge in [0.2, 0.25) is 11.8 Å². The van der Waals surface area contributed by atoms with E-state index in [4.69, 9.17) is 4.74 Å². The van der Waals surface area contributed by atoms with Crippen molar-refractivity contribution in [2.75, 3.05) is 19.0 Å². The van der Waals surface area contributed by atoms with Crippen LogP contribution < -0.4 is 15.4 Å². The molecule has 0 spiro atoms. The maximum atomic E-state index is 12.9. The number of nitrogens with one attached hydrogen (secondary N) is 2. The fourth-order valence-electron chi connectivity index (χ4n) is 3.45. The van der Waals surface area contributed by atoms with Crippen LogP contribution in [0.2, 0.25) is 0 Å². The summed E-state index contributed by atoms with van der Waals surface area (Å²) in [5.41, 5.74) is 1.91. The molecule has 1 aliphatic rings. The largest absolute Gasteiger partial charge is 0.497 e. The van der Waals surface area contributed by atoms with E-state index in [1.54, 1.807) is 7.11 Å². The highest BCUT2D eigenvalue weighted by Crippen LogP contribution is 2.47. The fraction of sp³-hybridized carbons (Fsp3) is 0.417. The molecule has 2 aromatic rings. The maximum absolute atomic E-state index is 12.9. The Morgan fingerprint density at radius 1 is 1.00 bits per heavy atom. The van der Waals surface area contributed by atoms with Crippen LogP contribution in [0.25, 0.3) is 0 Å². The SMILES string of the molecule is COc1ccc(CCNC(=O)C2(C(=O)Nc3ccccc3C(C)(C)C)CC2)cc1. The van der Waals surface area contributed by atoms with Crippen LogP contribution in [0.3, 0.4) is 0 Å². The van der Waals surface area contributed by atoms with Crippen molar-refractivity contribution in [3.8, 4) is 5.75 Å². The first kappa shape index (κ1) is 20.9. The molecule has 0 aliphatic heterocycles. The van der Waals surface area contributed by atoms with Crippen LogP contribution in [0.5, 0.6) is 5.75 Å². The summed E-state index contributed by atoms with van der Waals surface area (Å²) in [6.07, 6.45) is 1.88. The zero-order valence-corrected chi connectivity index (χ0v) is 17.7. The Labute approximate surface area is 172 Å². The van der Waals surface area contributed by atoms with Crippen LogP contribution in [-0.2, 0) is 21.4 Å². The van der Waals surface area contributed by atoms with Gasteiger partial charge in [-0.15, -0.1) is 0 Å². The Hall–Kier alpha value is -2.82. The lowest BCUT2D eigenvalue weighted by atomic mass is 9.85. The fourth-order valence-corrected chi connectivity index (χ4v) is 3.45. The number of amides is 2. The molecule has 2 N–H and O–H groups in total. The quantitative estimate of drug-likeness (QED) is 0.696. The second kappa shape index (κ2) is 8.27. The molecule has 0 bridgehead atoms. The van der Waals surface area contributed by atoms with Gasteiger partial charge in [-0.1, -0.05) is 51.1 Å². The van der Waals surface area contributed by atoms with Crippen LogP contribution in [0.15, 0.2) is 48.5 Å². The van der Waals surface area contributed by atoms with Gasteiger partial charge < -0.3 is 15.4 Å². The Morgan fingerprint density at radius 3 is 2.24 bits per heavy atom. The second-order valence-corrected chi connectivity index (χ2v) is 8.69. The van der Waals surface area contributed by atoms with Gasteiger partial charge in [0, 0.05) is 12.2 Å². The number of anilines is 1. The lowest BCUT2D eigenvalue weighted by molar-refractivity contribution is -0.134. The van der Waals surface area contributed by atoms with Crippen molar-refractivity contribution in [2.45, 2.75) is 45.4 Å². The summed E-state index contributed by atoms with van der Waals surface area (Å²) in [5, 5.41) is 5.95. The van der Waals surface area contributed by atoms with Crippen LogP contribution in [0.4, 0.5) is 5.69 Å². The minimum atomic E-state index is -0.940. The number of rotatable bonds is 7. The molecule has 0 saturated heterocycles. The molecule has 2 amide bonds. The lowest BCUT2D eigenvalue weighted by Gasteiger charge is -2.24. The average Bonchev–Trinajstić information content (AvgIpc) is 3.50. The summed E-state index contributed by atoms with van der Waals surface area (Å²) in [6.45, 7) is 6.82. The minimum Gasteiger partial charge on any atom is -0.497 e. The van der Waals surface area contributed by atoms with E-state index in [0.29, 0.717) is 25.8 Å². The molecule has 5 heteroatoms. The van der Waals surface area contributed by atoms with Gasteiger partial charge in [0.1, 0.15) is 11.2 Å². The number of carbonyl (C=O) groups is 2. The molecule has 0 unspecified atom stereocenters. The molecule has 3 rings (SSSR count). The summed E-state index contributed by atoms with van der Waals surface area (Å²) in [5.74, 6) is 0.412. The smallest absolute Gasteiger partial charge is 0.240 e. The Bertz CT molecular complexity index is 878. The molecule has 0 aromatic heterocycles. The van der Waals surface area contributed by atoms with E-state index in [9.17, 15) is 9.59 Å². The number of carbonyl (C=O) groups excluding carboxylic acids is 2. The Morgan fingerprint density at radius 2 is 1.66 bits per heavy atom. The van der Waals surface area contributed by atoms with Crippen molar-refractivity contribution in [2.24, 2.45) is 5.41 Å². The van der Waals surface area contributed by atoms with E-state index in [-0.39, 0.29) is 17.2 Å². The third-order valence-corrected chi connectivity index (χ3v) is 5.46.